The summed E-state index contributed by atoms with van der Waals surface area (Å²) in [5, 5.41) is 18.0. The molecule has 0 bridgehead atoms. The Morgan fingerprint density at radius 2 is 2.04 bits per heavy atom. The third-order valence-electron chi connectivity index (χ3n) is 3.91. The molecule has 0 atom stereocenters. The van der Waals surface area contributed by atoms with E-state index in [-0.39, 0.29) is 11.7 Å². The molecule has 0 aliphatic carbocycles. The lowest BCUT2D eigenvalue weighted by atomic mass is 10.2. The number of carboxylic acid groups (broad SMARTS) is 1. The van der Waals surface area contributed by atoms with Crippen LogP contribution in [0.15, 0.2) is 41.4 Å². The van der Waals surface area contributed by atoms with Gasteiger partial charge in [0.15, 0.2) is 5.69 Å². The highest BCUT2D eigenvalue weighted by atomic mass is 32.1. The quantitative estimate of drug-likeness (QED) is 0.407. The number of nitrogens with one attached hydrogen (secondary N) is 2. The van der Waals surface area contributed by atoms with Crippen molar-refractivity contribution in [1.82, 2.24) is 15.0 Å². The zero-order chi connectivity index (χ0) is 19.7. The summed E-state index contributed by atoms with van der Waals surface area (Å²) in [4.78, 5) is 24.1. The summed E-state index contributed by atoms with van der Waals surface area (Å²) >= 11 is 2.88. The molecule has 4 rings (SSSR count). The van der Waals surface area contributed by atoms with E-state index in [1.54, 1.807) is 17.5 Å². The summed E-state index contributed by atoms with van der Waals surface area (Å²) in [5.41, 5.74) is 5.38. The van der Waals surface area contributed by atoms with E-state index in [2.05, 4.69) is 25.6 Å². The second kappa shape index (κ2) is 7.53. The molecular formula is C19H17N5O2S2. The van der Waals surface area contributed by atoms with Crippen molar-refractivity contribution >= 4 is 56.1 Å². The van der Waals surface area contributed by atoms with Gasteiger partial charge in [-0.3, -0.25) is 0 Å². The highest BCUT2D eigenvalue weighted by molar-refractivity contribution is 7.16. The van der Waals surface area contributed by atoms with Gasteiger partial charge in [0, 0.05) is 35.1 Å². The number of carbonyl (C=O) groups is 1. The van der Waals surface area contributed by atoms with Crippen LogP contribution in [0.5, 0.6) is 0 Å². The molecule has 1 aromatic carbocycles. The molecule has 4 aromatic rings. The van der Waals surface area contributed by atoms with E-state index < -0.39 is 5.97 Å². The summed E-state index contributed by atoms with van der Waals surface area (Å²) < 4.78 is 1.10. The second-order valence-corrected chi connectivity index (χ2v) is 8.16. The van der Waals surface area contributed by atoms with E-state index >= 15 is 0 Å². The molecule has 0 radical (unpaired) electrons. The largest absolute Gasteiger partial charge is 0.476 e. The number of carboxylic acids is 1. The van der Waals surface area contributed by atoms with E-state index in [0.717, 1.165) is 27.2 Å². The number of hydrogen-bond donors (Lipinski definition) is 3. The van der Waals surface area contributed by atoms with Crippen molar-refractivity contribution in [3.05, 3.63) is 47.0 Å². The maximum absolute atomic E-state index is 11.1. The normalized spacial score (nSPS) is 11.1. The highest BCUT2D eigenvalue weighted by Crippen LogP contribution is 2.33. The summed E-state index contributed by atoms with van der Waals surface area (Å²) in [6.07, 6.45) is 1.71. The topological polar surface area (TPSA) is 100 Å². The molecule has 0 saturated heterocycles. The number of hydrogen-bond acceptors (Lipinski definition) is 8. The Morgan fingerprint density at radius 1 is 1.18 bits per heavy atom. The number of aromatic carboxylic acids is 1. The molecule has 0 spiro atoms. The van der Waals surface area contributed by atoms with E-state index in [1.165, 1.54) is 16.7 Å². The van der Waals surface area contributed by atoms with Crippen LogP contribution in [-0.2, 0) is 0 Å². The molecule has 0 aliphatic rings. The molecular weight excluding hydrogens is 394 g/mol. The molecule has 9 heteroatoms. The van der Waals surface area contributed by atoms with E-state index in [4.69, 9.17) is 5.11 Å². The minimum Gasteiger partial charge on any atom is -0.476 e. The number of rotatable bonds is 6. The lowest BCUT2D eigenvalue weighted by Gasteiger charge is -2.15. The van der Waals surface area contributed by atoms with Gasteiger partial charge in [0.2, 0.25) is 0 Å². The molecule has 0 saturated carbocycles. The molecule has 0 amide bonds. The Hall–Kier alpha value is -3.04. The zero-order valence-electron chi connectivity index (χ0n) is 15.1. The zero-order valence-corrected chi connectivity index (χ0v) is 16.8. The Balaban J connectivity index is 1.67. The predicted octanol–water partition coefficient (Wildman–Crippen LogP) is 5.08. The smallest absolute Gasteiger partial charge is 0.355 e. The van der Waals surface area contributed by atoms with Crippen LogP contribution in [0, 0.1) is 0 Å². The summed E-state index contributed by atoms with van der Waals surface area (Å²) in [5.74, 6) is -0.351. The van der Waals surface area contributed by atoms with Crippen molar-refractivity contribution in [2.24, 2.45) is 0 Å². The molecule has 0 unspecified atom stereocenters. The van der Waals surface area contributed by atoms with Crippen LogP contribution in [0.3, 0.4) is 0 Å². The summed E-state index contributed by atoms with van der Waals surface area (Å²) in [7, 11) is 0. The third-order valence-corrected chi connectivity index (χ3v) is 5.57. The fraction of sp³-hybridized carbons (Fsp3) is 0.158. The van der Waals surface area contributed by atoms with Gasteiger partial charge < -0.3 is 15.7 Å². The fourth-order valence-electron chi connectivity index (χ4n) is 2.70. The van der Waals surface area contributed by atoms with Crippen molar-refractivity contribution in [2.75, 3.05) is 10.6 Å². The first-order valence-electron chi connectivity index (χ1n) is 8.55. The molecule has 7 nitrogen and oxygen atoms in total. The van der Waals surface area contributed by atoms with Crippen molar-refractivity contribution in [1.29, 1.82) is 0 Å². The van der Waals surface area contributed by atoms with Gasteiger partial charge in [0.05, 0.1) is 21.3 Å². The van der Waals surface area contributed by atoms with Crippen molar-refractivity contribution < 1.29 is 9.90 Å². The van der Waals surface area contributed by atoms with Gasteiger partial charge in [-0.05, 0) is 32.0 Å². The Bertz CT molecular complexity index is 1150. The summed E-state index contributed by atoms with van der Waals surface area (Å²) in [6.45, 7) is 4.08. The molecule has 3 aromatic heterocycles. The minimum atomic E-state index is -1.04. The Kier molecular flexibility index (Phi) is 4.93. The van der Waals surface area contributed by atoms with Crippen LogP contribution in [0.4, 0.5) is 17.2 Å². The fourth-order valence-corrected chi connectivity index (χ4v) is 4.23. The van der Waals surface area contributed by atoms with Crippen LogP contribution in [-0.4, -0.2) is 32.1 Å². The SMILES string of the molecule is CC(C)Nc1cc(Nc2ccc3ncsc3c2)ncc1-c1nc(C(=O)O)cs1. The van der Waals surface area contributed by atoms with Gasteiger partial charge >= 0.3 is 5.97 Å². The molecule has 28 heavy (non-hydrogen) atoms. The maximum atomic E-state index is 11.1. The molecule has 142 valence electrons. The molecule has 0 aliphatic heterocycles. The monoisotopic (exact) mass is 411 g/mol. The van der Waals surface area contributed by atoms with Gasteiger partial charge in [-0.25, -0.2) is 19.7 Å². The maximum Gasteiger partial charge on any atom is 0.355 e. The van der Waals surface area contributed by atoms with Crippen molar-refractivity contribution in [3.8, 4) is 10.6 Å². The van der Waals surface area contributed by atoms with Gasteiger partial charge in [-0.1, -0.05) is 0 Å². The Labute approximate surface area is 169 Å². The average molecular weight is 412 g/mol. The second-order valence-electron chi connectivity index (χ2n) is 6.42. The van der Waals surface area contributed by atoms with E-state index in [1.807, 2.05) is 43.6 Å². The lowest BCUT2D eigenvalue weighted by molar-refractivity contribution is 0.0691. The number of fused-ring (bicyclic) bond motifs is 1. The first kappa shape index (κ1) is 18.3. The number of benzene rings is 1. The number of aromatic nitrogens is 3. The molecule has 0 fully saturated rings. The van der Waals surface area contributed by atoms with Gasteiger partial charge in [-0.2, -0.15) is 0 Å². The third kappa shape index (κ3) is 3.80. The number of pyridine rings is 1. The minimum absolute atomic E-state index is 0.0376. The van der Waals surface area contributed by atoms with Gasteiger partial charge in [0.1, 0.15) is 10.8 Å². The van der Waals surface area contributed by atoms with Crippen LogP contribution in [0.25, 0.3) is 20.8 Å². The first-order valence-corrected chi connectivity index (χ1v) is 10.3. The van der Waals surface area contributed by atoms with Crippen molar-refractivity contribution in [3.63, 3.8) is 0 Å². The number of anilines is 3. The van der Waals surface area contributed by atoms with Gasteiger partial charge in [-0.15, -0.1) is 22.7 Å². The van der Waals surface area contributed by atoms with Gasteiger partial charge in [0.25, 0.3) is 0 Å². The van der Waals surface area contributed by atoms with Crippen LogP contribution in [0.2, 0.25) is 0 Å². The van der Waals surface area contributed by atoms with E-state index in [0.29, 0.717) is 10.8 Å². The van der Waals surface area contributed by atoms with Crippen molar-refractivity contribution in [2.45, 2.75) is 19.9 Å². The Morgan fingerprint density at radius 3 is 2.79 bits per heavy atom. The highest BCUT2D eigenvalue weighted by Gasteiger charge is 2.15. The number of thiazole rings is 2. The van der Waals surface area contributed by atoms with E-state index in [9.17, 15) is 4.79 Å². The van der Waals surface area contributed by atoms with Crippen LogP contribution >= 0.6 is 22.7 Å². The number of nitrogens with zero attached hydrogens (tertiary/aromatic N) is 3. The van der Waals surface area contributed by atoms with Crippen LogP contribution in [0.1, 0.15) is 24.3 Å². The molecule has 3 N–H and O–H groups in total. The summed E-state index contributed by atoms with van der Waals surface area (Å²) in [6, 6.07) is 8.08. The lowest BCUT2D eigenvalue weighted by Crippen LogP contribution is -2.11. The molecule has 3 heterocycles. The average Bonchev–Trinajstić information content (AvgIpc) is 3.30. The van der Waals surface area contributed by atoms with Crippen LogP contribution < -0.4 is 10.6 Å². The first-order chi connectivity index (χ1) is 13.5. The predicted molar refractivity (Wildman–Crippen MR) is 114 cm³/mol. The standard InChI is InChI=1S/C19H17N5O2S2/c1-10(2)22-14-6-17(23-11-3-4-13-16(5-11)28-9-21-13)20-7-12(14)18-24-15(8-27-18)19(25)26/h3-10H,1-2H3,(H,25,26)(H2,20,22,23).